The maximum absolute atomic E-state index is 11.9. The van der Waals surface area contributed by atoms with Gasteiger partial charge in [0.15, 0.2) is 23.8 Å². The predicted octanol–water partition coefficient (Wildman–Crippen LogP) is -1.53. The molecule has 1 fully saturated rings. The van der Waals surface area contributed by atoms with E-state index in [0.717, 1.165) is 12.7 Å². The number of amides is 1. The number of aliphatic hydroxyl groups excluding tert-OH is 1. The van der Waals surface area contributed by atoms with Crippen LogP contribution in [-0.2, 0) is 36.3 Å². The van der Waals surface area contributed by atoms with Crippen LogP contribution in [0.4, 0.5) is 10.6 Å². The minimum Gasteiger partial charge on any atom is -0.439 e. The Labute approximate surface area is 187 Å². The maximum atomic E-state index is 11.9. The molecular formula is C11H17N6O14P3. The monoisotopic (exact) mass is 550 g/mol. The van der Waals surface area contributed by atoms with Crippen molar-refractivity contribution in [1.82, 2.24) is 19.5 Å². The average molecular weight is 550 g/mol. The van der Waals surface area contributed by atoms with Crippen molar-refractivity contribution in [2.75, 3.05) is 12.3 Å². The molecule has 3 heterocycles. The van der Waals surface area contributed by atoms with Gasteiger partial charge in [-0.25, -0.2) is 33.4 Å². The van der Waals surface area contributed by atoms with Crippen LogP contribution in [0.3, 0.4) is 0 Å². The molecule has 190 valence electrons. The van der Waals surface area contributed by atoms with Crippen molar-refractivity contribution >= 4 is 46.5 Å². The van der Waals surface area contributed by atoms with E-state index in [2.05, 4.69) is 28.1 Å². The van der Waals surface area contributed by atoms with Crippen LogP contribution in [0.2, 0.25) is 0 Å². The third-order valence-corrected chi connectivity index (χ3v) is 7.85. The fourth-order valence-electron chi connectivity index (χ4n) is 2.87. The van der Waals surface area contributed by atoms with Crippen LogP contribution in [0.25, 0.3) is 11.2 Å². The summed E-state index contributed by atoms with van der Waals surface area (Å²) < 4.78 is 57.2. The van der Waals surface area contributed by atoms with E-state index in [-0.39, 0.29) is 17.0 Å². The summed E-state index contributed by atoms with van der Waals surface area (Å²) in [7, 11) is -16.9. The van der Waals surface area contributed by atoms with E-state index in [1.54, 1.807) is 0 Å². The summed E-state index contributed by atoms with van der Waals surface area (Å²) in [5.41, 5.74) is 11.0. The lowest BCUT2D eigenvalue weighted by atomic mass is 10.1. The molecule has 34 heavy (non-hydrogen) atoms. The van der Waals surface area contributed by atoms with Crippen LogP contribution in [0.1, 0.15) is 6.23 Å². The van der Waals surface area contributed by atoms with Crippen molar-refractivity contribution in [2.24, 2.45) is 5.73 Å². The Kier molecular flexibility index (Phi) is 7.45. The molecule has 0 aromatic carbocycles. The lowest BCUT2D eigenvalue weighted by Gasteiger charge is -2.20. The van der Waals surface area contributed by atoms with Crippen molar-refractivity contribution in [3.8, 4) is 0 Å². The van der Waals surface area contributed by atoms with Crippen molar-refractivity contribution in [3.05, 3.63) is 12.7 Å². The molecule has 9 N–H and O–H groups in total. The van der Waals surface area contributed by atoms with Gasteiger partial charge in [-0.2, -0.15) is 8.62 Å². The molecule has 0 aliphatic carbocycles. The number of imidazole rings is 1. The van der Waals surface area contributed by atoms with Gasteiger partial charge in [0.1, 0.15) is 24.1 Å². The Balaban J connectivity index is 1.78. The number of rotatable bonds is 9. The van der Waals surface area contributed by atoms with E-state index in [0.29, 0.717) is 0 Å². The topological polar surface area (TPSA) is 311 Å². The van der Waals surface area contributed by atoms with Crippen LogP contribution < -0.4 is 11.5 Å². The Hall–Kier alpha value is -2.05. The standard InChI is InChI=1S/C11H17N6O14P3/c12-8-5-9(15-2-14-8)17(3-16-5)10-7(29-11(13)19)6(18)4(28-10)1-27-33(23,24)31-34(25,26)30-32(20,21)22/h2-4,6-7,10,18H,1H2,(H2,13,19)(H,23,24)(H,25,26)(H2,12,14,15)(H2,20,21,22)/t4-,6-,7-,10-/m1/s1. The van der Waals surface area contributed by atoms with E-state index >= 15 is 0 Å². The molecule has 20 nitrogen and oxygen atoms in total. The molecule has 1 aliphatic rings. The number of nitrogens with two attached hydrogens (primary N) is 2. The van der Waals surface area contributed by atoms with Gasteiger partial charge in [0.2, 0.25) is 0 Å². The quantitative estimate of drug-likeness (QED) is 0.174. The van der Waals surface area contributed by atoms with Crippen LogP contribution in [0, 0.1) is 0 Å². The molecule has 0 spiro atoms. The number of nitrogens with zero attached hydrogens (tertiary/aromatic N) is 4. The number of ether oxygens (including phenoxy) is 2. The number of primary amides is 1. The number of phosphoric acid groups is 3. The number of carbonyl (C=O) groups excluding carboxylic acids is 1. The first-order chi connectivity index (χ1) is 15.6. The third kappa shape index (κ3) is 6.33. The summed E-state index contributed by atoms with van der Waals surface area (Å²) in [6, 6.07) is 0. The second-order valence-electron chi connectivity index (χ2n) is 6.43. The summed E-state index contributed by atoms with van der Waals surface area (Å²) in [4.78, 5) is 58.9. The molecule has 0 saturated carbocycles. The van der Waals surface area contributed by atoms with Crippen molar-refractivity contribution in [2.45, 2.75) is 24.5 Å². The highest BCUT2D eigenvalue weighted by atomic mass is 31.3. The predicted molar refractivity (Wildman–Crippen MR) is 104 cm³/mol. The van der Waals surface area contributed by atoms with Crippen LogP contribution in [0.15, 0.2) is 12.7 Å². The average Bonchev–Trinajstić information content (AvgIpc) is 3.20. The number of aliphatic hydroxyl groups is 1. The maximum Gasteiger partial charge on any atom is 0.490 e. The number of hydrogen-bond acceptors (Lipinski definition) is 14. The molecular weight excluding hydrogens is 533 g/mol. The zero-order chi connectivity index (χ0) is 25.5. The molecule has 2 aromatic heterocycles. The number of fused-ring (bicyclic) bond motifs is 1. The Morgan fingerprint density at radius 1 is 1.12 bits per heavy atom. The smallest absolute Gasteiger partial charge is 0.439 e. The molecule has 0 radical (unpaired) electrons. The highest BCUT2D eigenvalue weighted by molar-refractivity contribution is 7.66. The van der Waals surface area contributed by atoms with Gasteiger partial charge in [-0.3, -0.25) is 9.09 Å². The highest BCUT2D eigenvalue weighted by Crippen LogP contribution is 2.66. The van der Waals surface area contributed by atoms with Gasteiger partial charge in [-0.15, -0.1) is 0 Å². The van der Waals surface area contributed by atoms with Crippen molar-refractivity contribution in [3.63, 3.8) is 0 Å². The Morgan fingerprint density at radius 3 is 2.41 bits per heavy atom. The molecule has 1 aliphatic heterocycles. The fraction of sp³-hybridized carbons (Fsp3) is 0.455. The number of aromatic nitrogens is 4. The minimum atomic E-state index is -5.76. The lowest BCUT2D eigenvalue weighted by Crippen LogP contribution is -2.38. The normalized spacial score (nSPS) is 26.7. The zero-order valence-corrected chi connectivity index (χ0v) is 19.0. The summed E-state index contributed by atoms with van der Waals surface area (Å²) >= 11 is 0. The van der Waals surface area contributed by atoms with E-state index in [1.807, 2.05) is 0 Å². The van der Waals surface area contributed by atoms with Gasteiger partial charge in [0, 0.05) is 0 Å². The SMILES string of the molecule is NC(=O)O[C@@H]1[C@H](O)[C@@H](COP(=O)(O)OP(=O)(O)OP(=O)(O)O)O[C@H]1n1cnc2c(N)ncnc21. The second kappa shape index (κ2) is 9.54. The van der Waals surface area contributed by atoms with E-state index in [9.17, 15) is 33.4 Å². The molecule has 1 saturated heterocycles. The molecule has 23 heteroatoms. The highest BCUT2D eigenvalue weighted by Gasteiger charge is 2.49. The molecule has 1 amide bonds. The lowest BCUT2D eigenvalue weighted by molar-refractivity contribution is -0.0515. The minimum absolute atomic E-state index is 0.00104. The summed E-state index contributed by atoms with van der Waals surface area (Å²) in [6.45, 7) is -1.02. The number of anilines is 1. The number of phosphoric ester groups is 1. The van der Waals surface area contributed by atoms with Crippen molar-refractivity contribution < 1.29 is 65.8 Å². The van der Waals surface area contributed by atoms with Crippen LogP contribution >= 0.6 is 23.5 Å². The summed E-state index contributed by atoms with van der Waals surface area (Å²) in [6.07, 6.45) is -5.24. The Bertz CT molecular complexity index is 1220. The van der Waals surface area contributed by atoms with Crippen LogP contribution in [-0.4, -0.2) is 75.2 Å². The van der Waals surface area contributed by atoms with Gasteiger partial charge >= 0.3 is 29.6 Å². The molecule has 6 atom stereocenters. The first-order valence-electron chi connectivity index (χ1n) is 8.59. The van der Waals surface area contributed by atoms with E-state index < -0.39 is 60.7 Å². The Morgan fingerprint density at radius 2 is 1.79 bits per heavy atom. The summed E-state index contributed by atoms with van der Waals surface area (Å²) in [5, 5.41) is 10.5. The third-order valence-electron chi connectivity index (χ3n) is 4.04. The van der Waals surface area contributed by atoms with Gasteiger partial charge in [-0.05, 0) is 0 Å². The van der Waals surface area contributed by atoms with Gasteiger partial charge in [0.25, 0.3) is 0 Å². The number of nitrogen functional groups attached to an aromatic ring is 1. The van der Waals surface area contributed by atoms with E-state index in [4.69, 9.17) is 30.7 Å². The summed E-state index contributed by atoms with van der Waals surface area (Å²) in [5.74, 6) is -0.00104. The first kappa shape index (κ1) is 26.6. The first-order valence-corrected chi connectivity index (χ1v) is 13.1. The molecule has 2 aromatic rings. The fourth-order valence-corrected chi connectivity index (χ4v) is 5.90. The van der Waals surface area contributed by atoms with E-state index in [1.165, 1.54) is 4.57 Å². The van der Waals surface area contributed by atoms with Crippen LogP contribution in [0.5, 0.6) is 0 Å². The van der Waals surface area contributed by atoms with Gasteiger partial charge < -0.3 is 45.6 Å². The largest absolute Gasteiger partial charge is 0.490 e. The van der Waals surface area contributed by atoms with Gasteiger partial charge in [0.05, 0.1) is 12.9 Å². The number of hydrogen-bond donors (Lipinski definition) is 7. The second-order valence-corrected chi connectivity index (χ2v) is 10.8. The zero-order valence-electron chi connectivity index (χ0n) is 16.4. The molecule has 3 rings (SSSR count). The number of carbonyl (C=O) groups is 1. The molecule has 0 bridgehead atoms. The van der Waals surface area contributed by atoms with Crippen molar-refractivity contribution in [1.29, 1.82) is 0 Å². The van der Waals surface area contributed by atoms with Gasteiger partial charge in [-0.1, -0.05) is 0 Å². The molecule has 2 unspecified atom stereocenters.